The maximum absolute atomic E-state index is 11.6. The van der Waals surface area contributed by atoms with Gasteiger partial charge in [0.25, 0.3) is 0 Å². The van der Waals surface area contributed by atoms with Crippen LogP contribution in [0.15, 0.2) is 24.3 Å². The fourth-order valence-corrected chi connectivity index (χ4v) is 2.53. The van der Waals surface area contributed by atoms with Gasteiger partial charge in [-0.1, -0.05) is 24.3 Å². The van der Waals surface area contributed by atoms with E-state index in [0.717, 1.165) is 12.3 Å². The minimum absolute atomic E-state index is 0.0191. The molecule has 90 valence electrons. The smallest absolute Gasteiger partial charge is 0.309 e. The zero-order chi connectivity index (χ0) is 11.8. The zero-order valence-corrected chi connectivity index (χ0v) is 10.2. The van der Waals surface area contributed by atoms with Crippen LogP contribution in [0.4, 0.5) is 0 Å². The maximum Gasteiger partial charge on any atom is 0.309 e. The second-order valence-electron chi connectivity index (χ2n) is 5.15. The summed E-state index contributed by atoms with van der Waals surface area (Å²) in [6, 6.07) is 8.78. The Balaban J connectivity index is 1.69. The maximum atomic E-state index is 11.6. The molecule has 0 aromatic heterocycles. The van der Waals surface area contributed by atoms with Gasteiger partial charge in [-0.25, -0.2) is 0 Å². The second-order valence-corrected chi connectivity index (χ2v) is 5.15. The lowest BCUT2D eigenvalue weighted by Gasteiger charge is -2.04. The topological polar surface area (TPSA) is 26.3 Å². The third kappa shape index (κ3) is 2.21. The van der Waals surface area contributed by atoms with Gasteiger partial charge in [-0.3, -0.25) is 4.79 Å². The summed E-state index contributed by atoms with van der Waals surface area (Å²) in [6.45, 7) is 2.35. The van der Waals surface area contributed by atoms with Gasteiger partial charge in [-0.05, 0) is 49.1 Å². The first kappa shape index (κ1) is 10.8. The highest BCUT2D eigenvalue weighted by Crippen LogP contribution is 2.49. The van der Waals surface area contributed by atoms with Gasteiger partial charge in [0, 0.05) is 0 Å². The Hall–Kier alpha value is -1.31. The number of hydrogen-bond donors (Lipinski definition) is 0. The molecule has 17 heavy (non-hydrogen) atoms. The van der Waals surface area contributed by atoms with E-state index < -0.39 is 0 Å². The van der Waals surface area contributed by atoms with E-state index in [1.807, 2.05) is 6.92 Å². The molecule has 2 aliphatic rings. The molecule has 1 aromatic rings. The van der Waals surface area contributed by atoms with Gasteiger partial charge < -0.3 is 4.74 Å². The summed E-state index contributed by atoms with van der Waals surface area (Å²) < 4.78 is 5.07. The van der Waals surface area contributed by atoms with E-state index in [2.05, 4.69) is 24.3 Å². The summed E-state index contributed by atoms with van der Waals surface area (Å²) in [4.78, 5) is 11.6. The fourth-order valence-electron chi connectivity index (χ4n) is 2.53. The highest BCUT2D eigenvalue weighted by molar-refractivity contribution is 5.77. The minimum Gasteiger partial charge on any atom is -0.466 e. The first-order valence-electron chi connectivity index (χ1n) is 6.56. The largest absolute Gasteiger partial charge is 0.466 e. The van der Waals surface area contributed by atoms with E-state index in [0.29, 0.717) is 12.5 Å². The molecule has 2 saturated carbocycles. The molecule has 0 aliphatic heterocycles. The van der Waals surface area contributed by atoms with Crippen LogP contribution in [0.5, 0.6) is 0 Å². The number of carbonyl (C=O) groups is 1. The molecule has 0 radical (unpaired) electrons. The number of rotatable bonds is 4. The van der Waals surface area contributed by atoms with Gasteiger partial charge in [-0.15, -0.1) is 0 Å². The van der Waals surface area contributed by atoms with Crippen LogP contribution in [0.3, 0.4) is 0 Å². The Bertz CT molecular complexity index is 434. The summed E-state index contributed by atoms with van der Waals surface area (Å²) in [5.74, 6) is 1.29. The molecule has 0 spiro atoms. The number of hydrogen-bond acceptors (Lipinski definition) is 2. The van der Waals surface area contributed by atoms with Crippen LogP contribution >= 0.6 is 0 Å². The molecule has 0 saturated heterocycles. The summed E-state index contributed by atoms with van der Waals surface area (Å²) in [7, 11) is 0. The first-order chi connectivity index (χ1) is 8.29. The Morgan fingerprint density at radius 3 is 2.82 bits per heavy atom. The monoisotopic (exact) mass is 230 g/mol. The Morgan fingerprint density at radius 1 is 1.35 bits per heavy atom. The molecule has 1 aromatic carbocycles. The number of carbonyl (C=O) groups excluding carboxylic acids is 1. The van der Waals surface area contributed by atoms with E-state index in [9.17, 15) is 4.79 Å². The first-order valence-corrected chi connectivity index (χ1v) is 6.56. The van der Waals surface area contributed by atoms with Crippen LogP contribution in [0.1, 0.15) is 49.1 Å². The zero-order valence-electron chi connectivity index (χ0n) is 10.2. The summed E-state index contributed by atoms with van der Waals surface area (Å²) in [6.07, 6.45) is 3.62. The predicted molar refractivity (Wildman–Crippen MR) is 65.9 cm³/mol. The Morgan fingerprint density at radius 2 is 2.12 bits per heavy atom. The molecule has 2 heteroatoms. The molecule has 0 bridgehead atoms. The van der Waals surface area contributed by atoms with Crippen molar-refractivity contribution in [2.75, 3.05) is 6.61 Å². The highest BCUT2D eigenvalue weighted by Gasteiger charge is 2.45. The summed E-state index contributed by atoms with van der Waals surface area (Å²) in [5, 5.41) is 0. The van der Waals surface area contributed by atoms with Crippen molar-refractivity contribution in [3.63, 3.8) is 0 Å². The normalized spacial score (nSPS) is 26.6. The SMILES string of the molecule is CCOC(=O)C1CC1c1cccc(C2CC2)c1. The fraction of sp³-hybridized carbons (Fsp3) is 0.533. The van der Waals surface area contributed by atoms with Gasteiger partial charge >= 0.3 is 5.97 Å². The summed E-state index contributed by atoms with van der Waals surface area (Å²) >= 11 is 0. The van der Waals surface area contributed by atoms with Gasteiger partial charge in [0.2, 0.25) is 0 Å². The van der Waals surface area contributed by atoms with Crippen molar-refractivity contribution in [1.29, 1.82) is 0 Å². The van der Waals surface area contributed by atoms with Crippen LogP contribution < -0.4 is 0 Å². The Kier molecular flexibility index (Phi) is 2.65. The minimum atomic E-state index is -0.0191. The van der Waals surface area contributed by atoms with E-state index in [1.54, 1.807) is 0 Å². The van der Waals surface area contributed by atoms with Gasteiger partial charge in [-0.2, -0.15) is 0 Å². The average Bonchev–Trinajstić information content (AvgIpc) is 3.21. The van der Waals surface area contributed by atoms with E-state index in [4.69, 9.17) is 4.74 Å². The third-order valence-corrected chi connectivity index (χ3v) is 3.77. The lowest BCUT2D eigenvalue weighted by molar-refractivity contribution is -0.144. The van der Waals surface area contributed by atoms with E-state index >= 15 is 0 Å². The molecule has 2 unspecified atom stereocenters. The number of benzene rings is 1. The van der Waals surface area contributed by atoms with Gasteiger partial charge in [0.15, 0.2) is 0 Å². The molecule has 2 aliphatic carbocycles. The lowest BCUT2D eigenvalue weighted by atomic mass is 10.0. The van der Waals surface area contributed by atoms with Crippen LogP contribution in [-0.4, -0.2) is 12.6 Å². The van der Waals surface area contributed by atoms with Crippen molar-refractivity contribution in [2.24, 2.45) is 5.92 Å². The van der Waals surface area contributed by atoms with Crippen LogP contribution in [0, 0.1) is 5.92 Å². The van der Waals surface area contributed by atoms with Crippen molar-refractivity contribution in [3.8, 4) is 0 Å². The van der Waals surface area contributed by atoms with Gasteiger partial charge in [0.05, 0.1) is 12.5 Å². The number of ether oxygens (including phenoxy) is 1. The molecule has 0 heterocycles. The van der Waals surface area contributed by atoms with Crippen molar-refractivity contribution in [2.45, 2.75) is 38.0 Å². The Labute approximate surface area is 102 Å². The van der Waals surface area contributed by atoms with Gasteiger partial charge in [0.1, 0.15) is 0 Å². The van der Waals surface area contributed by atoms with E-state index in [1.165, 1.54) is 24.0 Å². The molecule has 3 rings (SSSR count). The molecular formula is C15H18O2. The van der Waals surface area contributed by atoms with Crippen LogP contribution in [0.2, 0.25) is 0 Å². The van der Waals surface area contributed by atoms with Crippen molar-refractivity contribution in [3.05, 3.63) is 35.4 Å². The molecular weight excluding hydrogens is 212 g/mol. The third-order valence-electron chi connectivity index (χ3n) is 3.77. The molecule has 2 atom stereocenters. The highest BCUT2D eigenvalue weighted by atomic mass is 16.5. The lowest BCUT2D eigenvalue weighted by Crippen LogP contribution is -2.07. The van der Waals surface area contributed by atoms with Crippen molar-refractivity contribution < 1.29 is 9.53 Å². The second kappa shape index (κ2) is 4.17. The van der Waals surface area contributed by atoms with E-state index in [-0.39, 0.29) is 11.9 Å². The average molecular weight is 230 g/mol. The predicted octanol–water partition coefficient (Wildman–Crippen LogP) is 3.23. The summed E-state index contributed by atoms with van der Waals surface area (Å²) in [5.41, 5.74) is 2.78. The molecule has 0 amide bonds. The van der Waals surface area contributed by atoms with Crippen molar-refractivity contribution >= 4 is 5.97 Å². The van der Waals surface area contributed by atoms with Crippen LogP contribution in [0.25, 0.3) is 0 Å². The molecule has 2 nitrogen and oxygen atoms in total. The number of esters is 1. The standard InChI is InChI=1S/C15H18O2/c1-2-17-15(16)14-9-13(14)12-5-3-4-11(8-12)10-6-7-10/h3-5,8,10,13-14H,2,6-7,9H2,1H3. The molecule has 2 fully saturated rings. The van der Waals surface area contributed by atoms with Crippen molar-refractivity contribution in [1.82, 2.24) is 0 Å². The molecule has 0 N–H and O–H groups in total. The van der Waals surface area contributed by atoms with Crippen LogP contribution in [-0.2, 0) is 9.53 Å². The quantitative estimate of drug-likeness (QED) is 0.742.